The van der Waals surface area contributed by atoms with Gasteiger partial charge in [0.25, 0.3) is 0 Å². The third-order valence-corrected chi connectivity index (χ3v) is 8.21. The molecule has 0 bridgehead atoms. The molecule has 0 saturated carbocycles. The number of aromatic nitrogens is 4. The van der Waals surface area contributed by atoms with Crippen molar-refractivity contribution in [1.82, 2.24) is 25.1 Å². The molecule has 2 saturated heterocycles. The van der Waals surface area contributed by atoms with Crippen molar-refractivity contribution in [3.8, 4) is 17.0 Å². The van der Waals surface area contributed by atoms with Crippen LogP contribution in [0, 0.1) is 11.2 Å². The number of anilines is 1. The van der Waals surface area contributed by atoms with Crippen molar-refractivity contribution in [3.63, 3.8) is 0 Å². The van der Waals surface area contributed by atoms with Gasteiger partial charge in [-0.3, -0.25) is 15.0 Å². The molecule has 2 fully saturated rings. The predicted octanol–water partition coefficient (Wildman–Crippen LogP) is 6.53. The maximum atomic E-state index is 15.3. The molecule has 0 unspecified atom stereocenters. The van der Waals surface area contributed by atoms with E-state index in [0.29, 0.717) is 43.8 Å². The standard InChI is InChI=1S/C28H29Cl2FN6O/c1-16(24-20(29)10-32-11-21(24)30)38-18-5-6-23-19(8-18)25(35-34-23)17-7-22(31)26(33-9-17)36-14-28(4,15-36)37-12-27(2,3)13-37/h5-11,16H,12-15H2,1-4H3,(H,34,35)/t16-/m1/s1. The average molecular weight is 555 g/mol. The first kappa shape index (κ1) is 25.3. The lowest BCUT2D eigenvalue weighted by Crippen LogP contribution is -2.75. The lowest BCUT2D eigenvalue weighted by Gasteiger charge is -2.62. The molecule has 10 heteroatoms. The Morgan fingerprint density at radius 1 is 1.03 bits per heavy atom. The molecular weight excluding hydrogens is 526 g/mol. The van der Waals surface area contributed by atoms with Gasteiger partial charge in [0, 0.05) is 61.3 Å². The summed E-state index contributed by atoms with van der Waals surface area (Å²) in [5.74, 6) is 0.637. The maximum Gasteiger partial charge on any atom is 0.166 e. The predicted molar refractivity (Wildman–Crippen MR) is 149 cm³/mol. The normalized spacial score (nSPS) is 19.2. The molecule has 6 rings (SSSR count). The van der Waals surface area contributed by atoms with Crippen LogP contribution >= 0.6 is 23.2 Å². The van der Waals surface area contributed by atoms with Crippen LogP contribution in [0.15, 0.2) is 42.9 Å². The second kappa shape index (κ2) is 9.07. The van der Waals surface area contributed by atoms with Crippen molar-refractivity contribution in [1.29, 1.82) is 0 Å². The van der Waals surface area contributed by atoms with Crippen molar-refractivity contribution in [3.05, 3.63) is 64.3 Å². The Hall–Kier alpha value is -2.94. The second-order valence-corrected chi connectivity index (χ2v) is 12.3. The van der Waals surface area contributed by atoms with Crippen LogP contribution in [0.3, 0.4) is 0 Å². The number of ether oxygens (including phenoxy) is 1. The van der Waals surface area contributed by atoms with Gasteiger partial charge < -0.3 is 9.64 Å². The minimum Gasteiger partial charge on any atom is -0.486 e. The summed E-state index contributed by atoms with van der Waals surface area (Å²) in [5, 5.41) is 9.13. The van der Waals surface area contributed by atoms with Crippen molar-refractivity contribution >= 4 is 39.9 Å². The summed E-state index contributed by atoms with van der Waals surface area (Å²) >= 11 is 12.6. The Balaban J connectivity index is 1.21. The molecule has 1 N–H and O–H groups in total. The first-order valence-corrected chi connectivity index (χ1v) is 13.4. The number of pyridine rings is 2. The summed E-state index contributed by atoms with van der Waals surface area (Å²) < 4.78 is 21.4. The van der Waals surface area contributed by atoms with Crippen molar-refractivity contribution < 1.29 is 9.13 Å². The number of hydrogen-bond donors (Lipinski definition) is 1. The third-order valence-electron chi connectivity index (χ3n) is 7.60. The molecular formula is C28H29Cl2FN6O. The second-order valence-electron chi connectivity index (χ2n) is 11.5. The largest absolute Gasteiger partial charge is 0.486 e. The smallest absolute Gasteiger partial charge is 0.166 e. The van der Waals surface area contributed by atoms with Gasteiger partial charge in [-0.15, -0.1) is 0 Å². The van der Waals surface area contributed by atoms with Crippen LogP contribution in [0.2, 0.25) is 10.0 Å². The number of H-pyrrole nitrogens is 1. The molecule has 0 aliphatic carbocycles. The van der Waals surface area contributed by atoms with E-state index in [2.05, 4.69) is 45.8 Å². The zero-order chi connectivity index (χ0) is 26.8. The summed E-state index contributed by atoms with van der Waals surface area (Å²) in [6, 6.07) is 7.09. The molecule has 0 amide bonds. The van der Waals surface area contributed by atoms with Gasteiger partial charge in [0.1, 0.15) is 17.5 Å². The Kier molecular flexibility index (Phi) is 6.05. The summed E-state index contributed by atoms with van der Waals surface area (Å²) in [4.78, 5) is 13.0. The number of aromatic amines is 1. The number of benzene rings is 1. The first-order chi connectivity index (χ1) is 18.0. The molecule has 5 heterocycles. The fourth-order valence-corrected chi connectivity index (χ4v) is 6.32. The van der Waals surface area contributed by atoms with Gasteiger partial charge in [-0.05, 0) is 43.5 Å². The van der Waals surface area contributed by atoms with E-state index in [9.17, 15) is 0 Å². The van der Waals surface area contributed by atoms with Gasteiger partial charge >= 0.3 is 0 Å². The van der Waals surface area contributed by atoms with E-state index in [1.807, 2.05) is 30.0 Å². The van der Waals surface area contributed by atoms with Crippen molar-refractivity contribution in [2.45, 2.75) is 39.3 Å². The van der Waals surface area contributed by atoms with Crippen LogP contribution in [0.1, 0.15) is 39.4 Å². The Bertz CT molecular complexity index is 1510. The average Bonchev–Trinajstić information content (AvgIpc) is 3.24. The monoisotopic (exact) mass is 554 g/mol. The summed E-state index contributed by atoms with van der Waals surface area (Å²) in [6.07, 6.45) is 4.35. The minimum atomic E-state index is -0.409. The number of nitrogens with zero attached hydrogens (tertiary/aromatic N) is 5. The molecule has 2 aliphatic rings. The molecule has 7 nitrogen and oxygen atoms in total. The Morgan fingerprint density at radius 2 is 1.74 bits per heavy atom. The van der Waals surface area contributed by atoms with Gasteiger partial charge in [-0.25, -0.2) is 9.37 Å². The molecule has 1 atom stereocenters. The summed E-state index contributed by atoms with van der Waals surface area (Å²) in [5.41, 5.74) is 3.10. The topological polar surface area (TPSA) is 70.2 Å². The number of hydrogen-bond acceptors (Lipinski definition) is 6. The molecule has 4 aromatic rings. The molecule has 198 valence electrons. The number of likely N-dealkylation sites (tertiary alicyclic amines) is 1. The summed E-state index contributed by atoms with van der Waals surface area (Å²) in [7, 11) is 0. The van der Waals surface area contributed by atoms with E-state index in [1.54, 1.807) is 6.20 Å². The van der Waals surface area contributed by atoms with Crippen LogP contribution in [0.25, 0.3) is 22.2 Å². The molecule has 3 aromatic heterocycles. The summed E-state index contributed by atoms with van der Waals surface area (Å²) in [6.45, 7) is 12.4. The first-order valence-electron chi connectivity index (χ1n) is 12.6. The fraction of sp³-hybridized carbons (Fsp3) is 0.393. The SMILES string of the molecule is C[C@@H](Oc1ccc2[nH]nc(-c3cnc(N4CC(C)(N5CC(C)(C)C5)C4)c(F)c3)c2c1)c1c(Cl)cncc1Cl. The molecule has 2 aliphatic heterocycles. The van der Waals surface area contributed by atoms with E-state index in [-0.39, 0.29) is 11.4 Å². The van der Waals surface area contributed by atoms with Crippen LogP contribution in [0.4, 0.5) is 10.2 Å². The number of halogens is 3. The van der Waals surface area contributed by atoms with Crippen LogP contribution < -0.4 is 9.64 Å². The highest BCUT2D eigenvalue weighted by Crippen LogP contribution is 2.41. The molecule has 38 heavy (non-hydrogen) atoms. The zero-order valence-electron chi connectivity index (χ0n) is 21.7. The van der Waals surface area contributed by atoms with Gasteiger partial charge in [0.05, 0.1) is 21.1 Å². The third kappa shape index (κ3) is 4.38. The molecule has 1 aromatic carbocycles. The van der Waals surface area contributed by atoms with Crippen LogP contribution in [-0.2, 0) is 0 Å². The maximum absolute atomic E-state index is 15.3. The van der Waals surface area contributed by atoms with Gasteiger partial charge in [0.15, 0.2) is 11.6 Å². The minimum absolute atomic E-state index is 0.0684. The van der Waals surface area contributed by atoms with E-state index >= 15 is 4.39 Å². The number of fused-ring (bicyclic) bond motifs is 1. The van der Waals surface area contributed by atoms with Crippen LogP contribution in [-0.4, -0.2) is 56.8 Å². The lowest BCUT2D eigenvalue weighted by atomic mass is 9.77. The lowest BCUT2D eigenvalue weighted by molar-refractivity contribution is -0.0647. The Morgan fingerprint density at radius 3 is 2.39 bits per heavy atom. The van der Waals surface area contributed by atoms with Crippen molar-refractivity contribution in [2.75, 3.05) is 31.1 Å². The van der Waals surface area contributed by atoms with Gasteiger partial charge in [-0.2, -0.15) is 5.10 Å². The highest BCUT2D eigenvalue weighted by Gasteiger charge is 2.51. The Labute approximate surface area is 230 Å². The fourth-order valence-electron chi connectivity index (χ4n) is 5.65. The van der Waals surface area contributed by atoms with E-state index < -0.39 is 6.10 Å². The number of rotatable bonds is 6. The highest BCUT2D eigenvalue weighted by atomic mass is 35.5. The highest BCUT2D eigenvalue weighted by molar-refractivity contribution is 6.35. The van der Waals surface area contributed by atoms with E-state index in [1.165, 1.54) is 18.5 Å². The quantitative estimate of drug-likeness (QED) is 0.292. The molecule has 0 spiro atoms. The van der Waals surface area contributed by atoms with Gasteiger partial charge in [0.2, 0.25) is 0 Å². The van der Waals surface area contributed by atoms with E-state index in [4.69, 9.17) is 27.9 Å². The molecule has 0 radical (unpaired) electrons. The van der Waals surface area contributed by atoms with E-state index in [0.717, 1.165) is 37.1 Å². The number of nitrogens with one attached hydrogen (secondary N) is 1. The van der Waals surface area contributed by atoms with Gasteiger partial charge in [-0.1, -0.05) is 37.0 Å². The van der Waals surface area contributed by atoms with Crippen LogP contribution in [0.5, 0.6) is 5.75 Å². The van der Waals surface area contributed by atoms with Crippen molar-refractivity contribution in [2.24, 2.45) is 5.41 Å². The zero-order valence-corrected chi connectivity index (χ0v) is 23.2.